The highest BCUT2D eigenvalue weighted by Gasteiger charge is 2.31. The van der Waals surface area contributed by atoms with Crippen LogP contribution in [0.5, 0.6) is 0 Å². The zero-order valence-corrected chi connectivity index (χ0v) is 7.89. The predicted molar refractivity (Wildman–Crippen MR) is 47.2 cm³/mol. The van der Waals surface area contributed by atoms with Crippen molar-refractivity contribution in [2.75, 3.05) is 0 Å². The number of alkyl halides is 3. The van der Waals surface area contributed by atoms with E-state index in [1.165, 1.54) is 0 Å². The van der Waals surface area contributed by atoms with Gasteiger partial charge < -0.3 is 0 Å². The SMILES string of the molecule is O=Cc1cc(C(F)(F)F)cc(C=O)c1Cl. The first-order valence-electron chi connectivity index (χ1n) is 3.71. The molecule has 0 heterocycles. The summed E-state index contributed by atoms with van der Waals surface area (Å²) in [6, 6.07) is 1.20. The van der Waals surface area contributed by atoms with E-state index >= 15 is 0 Å². The molecule has 0 fully saturated rings. The van der Waals surface area contributed by atoms with Crippen LogP contribution in [0.4, 0.5) is 13.2 Å². The normalized spacial score (nSPS) is 11.2. The summed E-state index contributed by atoms with van der Waals surface area (Å²) < 4.78 is 36.8. The van der Waals surface area contributed by atoms with Crippen molar-refractivity contribution in [3.05, 3.63) is 33.8 Å². The summed E-state index contributed by atoms with van der Waals surface area (Å²) in [5.41, 5.74) is -1.78. The maximum atomic E-state index is 12.3. The van der Waals surface area contributed by atoms with Crippen molar-refractivity contribution in [2.24, 2.45) is 0 Å². The topological polar surface area (TPSA) is 34.1 Å². The van der Waals surface area contributed by atoms with Gasteiger partial charge in [0.2, 0.25) is 0 Å². The molecule has 0 saturated heterocycles. The van der Waals surface area contributed by atoms with Crippen LogP contribution in [-0.4, -0.2) is 12.6 Å². The Balaban J connectivity index is 3.46. The lowest BCUT2D eigenvalue weighted by Crippen LogP contribution is -2.07. The second-order valence-corrected chi connectivity index (χ2v) is 3.08. The molecule has 0 bridgehead atoms. The molecule has 1 aromatic rings. The molecule has 2 nitrogen and oxygen atoms in total. The molecule has 0 aliphatic heterocycles. The lowest BCUT2D eigenvalue weighted by Gasteiger charge is -2.09. The van der Waals surface area contributed by atoms with Crippen LogP contribution in [0.25, 0.3) is 0 Å². The molecule has 0 saturated carbocycles. The van der Waals surface area contributed by atoms with Crippen LogP contribution < -0.4 is 0 Å². The molecule has 6 heteroatoms. The first-order valence-corrected chi connectivity index (χ1v) is 4.09. The number of aldehydes is 2. The van der Waals surface area contributed by atoms with E-state index in [0.717, 1.165) is 0 Å². The second kappa shape index (κ2) is 4.02. The fourth-order valence-electron chi connectivity index (χ4n) is 1.01. The van der Waals surface area contributed by atoms with Crippen LogP contribution in [0.15, 0.2) is 12.1 Å². The van der Waals surface area contributed by atoms with Crippen molar-refractivity contribution in [1.29, 1.82) is 0 Å². The minimum atomic E-state index is -4.61. The third-order valence-corrected chi connectivity index (χ3v) is 2.15. The molecule has 0 aliphatic carbocycles. The van der Waals surface area contributed by atoms with Gasteiger partial charge in [-0.2, -0.15) is 13.2 Å². The van der Waals surface area contributed by atoms with Crippen molar-refractivity contribution in [3.63, 3.8) is 0 Å². The summed E-state index contributed by atoms with van der Waals surface area (Å²) in [7, 11) is 0. The number of carbonyl (C=O) groups excluding carboxylic acids is 2. The van der Waals surface area contributed by atoms with E-state index in [1.54, 1.807) is 0 Å². The summed E-state index contributed by atoms with van der Waals surface area (Å²) in [5.74, 6) is 0. The Morgan fingerprint density at radius 1 is 1.07 bits per heavy atom. The third-order valence-electron chi connectivity index (χ3n) is 1.71. The lowest BCUT2D eigenvalue weighted by atomic mass is 10.1. The zero-order valence-electron chi connectivity index (χ0n) is 7.14. The van der Waals surface area contributed by atoms with E-state index in [-0.39, 0.29) is 28.7 Å². The first kappa shape index (κ1) is 11.7. The molecular weight excluding hydrogens is 233 g/mol. The molecule has 0 aromatic heterocycles. The number of hydrogen-bond donors (Lipinski definition) is 0. The van der Waals surface area contributed by atoms with E-state index in [1.807, 2.05) is 0 Å². The number of hydrogen-bond acceptors (Lipinski definition) is 2. The zero-order chi connectivity index (χ0) is 11.6. The molecule has 0 radical (unpaired) electrons. The van der Waals surface area contributed by atoms with Gasteiger partial charge >= 0.3 is 6.18 Å². The number of rotatable bonds is 2. The molecule has 80 valence electrons. The lowest BCUT2D eigenvalue weighted by molar-refractivity contribution is -0.137. The van der Waals surface area contributed by atoms with Crippen LogP contribution in [0, 0.1) is 0 Å². The largest absolute Gasteiger partial charge is 0.416 e. The van der Waals surface area contributed by atoms with Crippen LogP contribution in [0.1, 0.15) is 26.3 Å². The third kappa shape index (κ3) is 2.36. The van der Waals surface area contributed by atoms with Crippen molar-refractivity contribution in [1.82, 2.24) is 0 Å². The molecular formula is C9H4ClF3O2. The second-order valence-electron chi connectivity index (χ2n) is 2.70. The van der Waals surface area contributed by atoms with Crippen molar-refractivity contribution < 1.29 is 22.8 Å². The number of benzene rings is 1. The van der Waals surface area contributed by atoms with Gasteiger partial charge in [-0.05, 0) is 12.1 Å². The summed E-state index contributed by atoms with van der Waals surface area (Å²) >= 11 is 5.50. The number of halogens is 4. The van der Waals surface area contributed by atoms with Gasteiger partial charge in [0.25, 0.3) is 0 Å². The summed E-state index contributed by atoms with van der Waals surface area (Å²) in [4.78, 5) is 20.8. The molecule has 0 aliphatic rings. The predicted octanol–water partition coefficient (Wildman–Crippen LogP) is 2.98. The summed E-state index contributed by atoms with van der Waals surface area (Å²) in [6.07, 6.45) is -4.27. The van der Waals surface area contributed by atoms with Crippen LogP contribution in [-0.2, 0) is 6.18 Å². The molecule has 0 N–H and O–H groups in total. The quantitative estimate of drug-likeness (QED) is 0.740. The van der Waals surface area contributed by atoms with Gasteiger partial charge in [-0.25, -0.2) is 0 Å². The molecule has 1 rings (SSSR count). The van der Waals surface area contributed by atoms with E-state index in [0.29, 0.717) is 12.1 Å². The van der Waals surface area contributed by atoms with Crippen molar-refractivity contribution in [2.45, 2.75) is 6.18 Å². The average molecular weight is 237 g/mol. The van der Waals surface area contributed by atoms with Gasteiger partial charge in [-0.1, -0.05) is 11.6 Å². The Morgan fingerprint density at radius 2 is 1.47 bits per heavy atom. The molecule has 0 spiro atoms. The van der Waals surface area contributed by atoms with E-state index in [2.05, 4.69) is 0 Å². The summed E-state index contributed by atoms with van der Waals surface area (Å²) in [5, 5.41) is -0.270. The standard InChI is InChI=1S/C9H4ClF3O2/c10-8-5(3-14)1-7(9(11,12)13)2-6(8)4-15/h1-4H. The Morgan fingerprint density at radius 3 is 1.73 bits per heavy atom. The summed E-state index contributed by atoms with van der Waals surface area (Å²) in [6.45, 7) is 0. The highest BCUT2D eigenvalue weighted by Crippen LogP contribution is 2.32. The van der Waals surface area contributed by atoms with Crippen molar-refractivity contribution in [3.8, 4) is 0 Å². The van der Waals surface area contributed by atoms with Gasteiger partial charge in [0.05, 0.1) is 10.6 Å². The fraction of sp³-hybridized carbons (Fsp3) is 0.111. The van der Waals surface area contributed by atoms with Crippen LogP contribution >= 0.6 is 11.6 Å². The van der Waals surface area contributed by atoms with Crippen molar-refractivity contribution >= 4 is 24.2 Å². The first-order chi connectivity index (χ1) is 6.90. The molecule has 0 unspecified atom stereocenters. The Labute approximate surface area is 87.6 Å². The monoisotopic (exact) mass is 236 g/mol. The Hall–Kier alpha value is -1.36. The Kier molecular flexibility index (Phi) is 3.14. The Bertz CT molecular complexity index is 383. The van der Waals surface area contributed by atoms with Crippen LogP contribution in [0.2, 0.25) is 5.02 Å². The van der Waals surface area contributed by atoms with Gasteiger partial charge in [-0.3, -0.25) is 9.59 Å². The van der Waals surface area contributed by atoms with E-state index < -0.39 is 11.7 Å². The highest BCUT2D eigenvalue weighted by atomic mass is 35.5. The minimum absolute atomic E-state index is 0.171. The maximum Gasteiger partial charge on any atom is 0.416 e. The van der Waals surface area contributed by atoms with Gasteiger partial charge in [0, 0.05) is 11.1 Å². The number of carbonyl (C=O) groups is 2. The molecule has 1 aromatic carbocycles. The van der Waals surface area contributed by atoms with Gasteiger partial charge in [0.1, 0.15) is 0 Å². The fourth-order valence-corrected chi connectivity index (χ4v) is 1.20. The maximum absolute atomic E-state index is 12.3. The van der Waals surface area contributed by atoms with Gasteiger partial charge in [-0.15, -0.1) is 0 Å². The highest BCUT2D eigenvalue weighted by molar-refractivity contribution is 6.35. The van der Waals surface area contributed by atoms with Gasteiger partial charge in [0.15, 0.2) is 12.6 Å². The van der Waals surface area contributed by atoms with Crippen LogP contribution in [0.3, 0.4) is 0 Å². The smallest absolute Gasteiger partial charge is 0.298 e. The molecule has 0 amide bonds. The molecule has 15 heavy (non-hydrogen) atoms. The van der Waals surface area contributed by atoms with E-state index in [4.69, 9.17) is 11.6 Å². The van der Waals surface area contributed by atoms with E-state index in [9.17, 15) is 22.8 Å². The average Bonchev–Trinajstić information content (AvgIpc) is 2.16. The molecule has 0 atom stereocenters. The minimum Gasteiger partial charge on any atom is -0.298 e.